The molecular weight excluding hydrogens is 328 g/mol. The van der Waals surface area contributed by atoms with E-state index in [1.54, 1.807) is 13.1 Å². The Bertz CT molecular complexity index is 1010. The van der Waals surface area contributed by atoms with Crippen LogP contribution in [0.3, 0.4) is 0 Å². The smallest absolute Gasteiger partial charge is 0.220 e. The predicted molar refractivity (Wildman–Crippen MR) is 102 cm³/mol. The molecule has 4 rings (SSSR count). The highest BCUT2D eigenvalue weighted by Crippen LogP contribution is 2.35. The van der Waals surface area contributed by atoms with Gasteiger partial charge in [0.15, 0.2) is 0 Å². The third-order valence-electron chi connectivity index (χ3n) is 5.13. The van der Waals surface area contributed by atoms with Crippen molar-refractivity contribution in [3.05, 3.63) is 47.8 Å². The lowest BCUT2D eigenvalue weighted by Crippen LogP contribution is -2.13. The summed E-state index contributed by atoms with van der Waals surface area (Å²) in [5, 5.41) is 13.8. The second-order valence-electron chi connectivity index (χ2n) is 7.02. The van der Waals surface area contributed by atoms with Crippen molar-refractivity contribution in [2.75, 3.05) is 12.3 Å². The van der Waals surface area contributed by atoms with Crippen molar-refractivity contribution in [3.63, 3.8) is 0 Å². The molecule has 1 saturated heterocycles. The van der Waals surface area contributed by atoms with Crippen LogP contribution >= 0.6 is 0 Å². The Balaban J connectivity index is 1.85. The van der Waals surface area contributed by atoms with Crippen molar-refractivity contribution in [2.45, 2.75) is 25.4 Å². The summed E-state index contributed by atoms with van der Waals surface area (Å²) in [6.45, 7) is 2.35. The Morgan fingerprint density at radius 1 is 1.38 bits per heavy atom. The monoisotopic (exact) mass is 350 g/mol. The highest BCUT2D eigenvalue weighted by Gasteiger charge is 2.25. The SMILES string of the molecule is CC(O)c1cnc2c(c1)c(-c1ccc(N)c(C3CNC(=O)C3)c1)cn2C. The van der Waals surface area contributed by atoms with E-state index in [-0.39, 0.29) is 11.8 Å². The molecule has 2 aromatic heterocycles. The average Bonchev–Trinajstić information content (AvgIpc) is 3.19. The maximum Gasteiger partial charge on any atom is 0.220 e. The number of hydrogen-bond acceptors (Lipinski definition) is 4. The molecular formula is C20H22N4O2. The van der Waals surface area contributed by atoms with Crippen LogP contribution < -0.4 is 11.1 Å². The minimum absolute atomic E-state index is 0.0655. The van der Waals surface area contributed by atoms with Gasteiger partial charge in [-0.25, -0.2) is 4.98 Å². The molecule has 1 fully saturated rings. The minimum atomic E-state index is -0.572. The molecule has 1 amide bonds. The number of nitrogens with zero attached hydrogens (tertiary/aromatic N) is 2. The number of aliphatic hydroxyl groups excluding tert-OH is 1. The number of nitrogen functional groups attached to an aromatic ring is 1. The summed E-state index contributed by atoms with van der Waals surface area (Å²) < 4.78 is 1.98. The van der Waals surface area contributed by atoms with Crippen LogP contribution in [0.25, 0.3) is 22.2 Å². The zero-order valence-electron chi connectivity index (χ0n) is 14.9. The van der Waals surface area contributed by atoms with Gasteiger partial charge in [-0.2, -0.15) is 0 Å². The molecule has 26 heavy (non-hydrogen) atoms. The number of pyridine rings is 1. The van der Waals surface area contributed by atoms with Gasteiger partial charge >= 0.3 is 0 Å². The van der Waals surface area contributed by atoms with E-state index in [9.17, 15) is 9.90 Å². The van der Waals surface area contributed by atoms with Gasteiger partial charge in [0.2, 0.25) is 5.91 Å². The summed E-state index contributed by atoms with van der Waals surface area (Å²) in [5.41, 5.74) is 11.6. The average molecular weight is 350 g/mol. The van der Waals surface area contributed by atoms with Crippen LogP contribution in [0.2, 0.25) is 0 Å². The number of hydrogen-bond donors (Lipinski definition) is 3. The van der Waals surface area contributed by atoms with Crippen molar-refractivity contribution < 1.29 is 9.90 Å². The zero-order chi connectivity index (χ0) is 18.4. The lowest BCUT2D eigenvalue weighted by atomic mass is 9.92. The largest absolute Gasteiger partial charge is 0.398 e. The summed E-state index contributed by atoms with van der Waals surface area (Å²) in [7, 11) is 1.96. The topological polar surface area (TPSA) is 93.2 Å². The van der Waals surface area contributed by atoms with Gasteiger partial charge < -0.3 is 20.7 Å². The lowest BCUT2D eigenvalue weighted by Gasteiger charge is -2.13. The molecule has 0 radical (unpaired) electrons. The molecule has 2 atom stereocenters. The molecule has 134 valence electrons. The van der Waals surface area contributed by atoms with E-state index < -0.39 is 6.10 Å². The fourth-order valence-electron chi connectivity index (χ4n) is 3.66. The molecule has 1 aliphatic rings. The van der Waals surface area contributed by atoms with E-state index in [0.717, 1.165) is 33.3 Å². The summed E-state index contributed by atoms with van der Waals surface area (Å²) in [5.74, 6) is 0.166. The summed E-state index contributed by atoms with van der Waals surface area (Å²) >= 11 is 0. The Labute approximate surface area is 151 Å². The third-order valence-corrected chi connectivity index (χ3v) is 5.13. The number of carbonyl (C=O) groups excluding carboxylic acids is 1. The third kappa shape index (κ3) is 2.72. The first-order chi connectivity index (χ1) is 12.4. The number of carbonyl (C=O) groups is 1. The Morgan fingerprint density at radius 3 is 2.88 bits per heavy atom. The van der Waals surface area contributed by atoms with Crippen molar-refractivity contribution in [3.8, 4) is 11.1 Å². The Hall–Kier alpha value is -2.86. The second kappa shape index (κ2) is 6.14. The number of nitrogens with one attached hydrogen (secondary N) is 1. The Morgan fingerprint density at radius 2 is 2.19 bits per heavy atom. The first-order valence-corrected chi connectivity index (χ1v) is 8.73. The fraction of sp³-hybridized carbons (Fsp3) is 0.300. The van der Waals surface area contributed by atoms with Crippen LogP contribution in [0.1, 0.15) is 36.5 Å². The van der Waals surface area contributed by atoms with Crippen LogP contribution in [-0.2, 0) is 11.8 Å². The zero-order valence-corrected chi connectivity index (χ0v) is 14.9. The number of anilines is 1. The van der Waals surface area contributed by atoms with Gasteiger partial charge in [-0.1, -0.05) is 6.07 Å². The molecule has 2 unspecified atom stereocenters. The minimum Gasteiger partial charge on any atom is -0.398 e. The van der Waals surface area contributed by atoms with Crippen LogP contribution in [0.4, 0.5) is 5.69 Å². The van der Waals surface area contributed by atoms with Gasteiger partial charge in [0.05, 0.1) is 6.10 Å². The first kappa shape index (κ1) is 16.6. The van der Waals surface area contributed by atoms with Crippen LogP contribution in [0, 0.1) is 0 Å². The molecule has 0 saturated carbocycles. The van der Waals surface area contributed by atoms with Gasteiger partial charge in [-0.3, -0.25) is 4.79 Å². The molecule has 0 spiro atoms. The molecule has 3 aromatic rings. The summed E-state index contributed by atoms with van der Waals surface area (Å²) in [6, 6.07) is 7.95. The highest BCUT2D eigenvalue weighted by molar-refractivity contribution is 5.95. The van der Waals surface area contributed by atoms with Crippen molar-refractivity contribution in [1.82, 2.24) is 14.9 Å². The number of fused-ring (bicyclic) bond motifs is 1. The molecule has 1 aromatic carbocycles. The number of aryl methyl sites for hydroxylation is 1. The van der Waals surface area contributed by atoms with Gasteiger partial charge in [0.1, 0.15) is 5.65 Å². The maximum atomic E-state index is 11.6. The van der Waals surface area contributed by atoms with Crippen LogP contribution in [0.15, 0.2) is 36.7 Å². The number of rotatable bonds is 3. The number of aliphatic hydroxyl groups is 1. The van der Waals surface area contributed by atoms with Gasteiger partial charge in [-0.15, -0.1) is 0 Å². The number of nitrogens with two attached hydrogens (primary N) is 1. The summed E-state index contributed by atoms with van der Waals surface area (Å²) in [4.78, 5) is 16.1. The van der Waals surface area contributed by atoms with Crippen LogP contribution in [-0.4, -0.2) is 27.1 Å². The standard InChI is InChI=1S/C20H22N4O2/c1-11(25)13-6-16-17(10-24(2)20(16)23-8-13)12-3-4-18(21)15(5-12)14-7-19(26)22-9-14/h3-6,8,10-11,14,25H,7,9,21H2,1-2H3,(H,22,26). The van der Waals surface area contributed by atoms with Crippen LogP contribution in [0.5, 0.6) is 0 Å². The fourth-order valence-corrected chi connectivity index (χ4v) is 3.66. The van der Waals surface area contributed by atoms with Crippen molar-refractivity contribution in [1.29, 1.82) is 0 Å². The Kier molecular flexibility index (Phi) is 3.92. The normalized spacial score (nSPS) is 18.3. The van der Waals surface area contributed by atoms with E-state index in [2.05, 4.69) is 16.4 Å². The van der Waals surface area contributed by atoms with Gasteiger partial charge in [0.25, 0.3) is 0 Å². The molecule has 0 aliphatic carbocycles. The first-order valence-electron chi connectivity index (χ1n) is 8.73. The molecule has 6 heteroatoms. The van der Waals surface area contributed by atoms with E-state index >= 15 is 0 Å². The quantitative estimate of drug-likeness (QED) is 0.633. The van der Waals surface area contributed by atoms with E-state index in [1.165, 1.54) is 0 Å². The van der Waals surface area contributed by atoms with Gasteiger partial charge in [-0.05, 0) is 41.8 Å². The van der Waals surface area contributed by atoms with Gasteiger partial charge in [0, 0.05) is 55.0 Å². The van der Waals surface area contributed by atoms with E-state index in [1.807, 2.05) is 36.0 Å². The molecule has 3 heterocycles. The highest BCUT2D eigenvalue weighted by atomic mass is 16.3. The maximum absolute atomic E-state index is 11.6. The second-order valence-corrected chi connectivity index (χ2v) is 7.02. The number of benzene rings is 1. The molecule has 0 bridgehead atoms. The molecule has 4 N–H and O–H groups in total. The lowest BCUT2D eigenvalue weighted by molar-refractivity contribution is -0.119. The van der Waals surface area contributed by atoms with Crippen molar-refractivity contribution in [2.24, 2.45) is 7.05 Å². The predicted octanol–water partition coefficient (Wildman–Crippen LogP) is 2.48. The molecule has 6 nitrogen and oxygen atoms in total. The van der Waals surface area contributed by atoms with E-state index in [4.69, 9.17) is 5.73 Å². The van der Waals surface area contributed by atoms with E-state index in [0.29, 0.717) is 18.7 Å². The van der Waals surface area contributed by atoms with Crippen molar-refractivity contribution >= 4 is 22.6 Å². The number of aromatic nitrogens is 2. The summed E-state index contributed by atoms with van der Waals surface area (Å²) in [6.07, 6.45) is 3.65. The number of amides is 1. The molecule has 1 aliphatic heterocycles.